The lowest BCUT2D eigenvalue weighted by Gasteiger charge is -1.94. The van der Waals surface area contributed by atoms with Gasteiger partial charge in [0.25, 0.3) is 0 Å². The molecule has 2 rings (SSSR count). The Balaban J connectivity index is 2.39. The summed E-state index contributed by atoms with van der Waals surface area (Å²) in [5.41, 5.74) is 1.24. The minimum absolute atomic E-state index is 0.361. The fraction of sp³-hybridized carbons (Fsp3) is 0.0909. The lowest BCUT2D eigenvalue weighted by atomic mass is 10.1. The summed E-state index contributed by atoms with van der Waals surface area (Å²) in [6.45, 7) is 0. The van der Waals surface area contributed by atoms with Gasteiger partial charge in [0.15, 0.2) is 0 Å². The van der Waals surface area contributed by atoms with E-state index < -0.39 is 6.18 Å². The Labute approximate surface area is 83.9 Å². The van der Waals surface area contributed by atoms with Gasteiger partial charge in [-0.3, -0.25) is 0 Å². The number of halogens is 3. The van der Waals surface area contributed by atoms with Crippen molar-refractivity contribution in [3.05, 3.63) is 36.0 Å². The van der Waals surface area contributed by atoms with E-state index in [1.807, 2.05) is 0 Å². The SMILES string of the molecule is FC(F)(F)C#Cc1ccc2[nH]ccc2c1. The summed E-state index contributed by atoms with van der Waals surface area (Å²) in [5, 5.41) is 0.851. The molecular weight excluding hydrogens is 203 g/mol. The third kappa shape index (κ3) is 2.32. The molecule has 0 saturated carbocycles. The number of fused-ring (bicyclic) bond motifs is 1. The van der Waals surface area contributed by atoms with Crippen LogP contribution in [0.15, 0.2) is 30.5 Å². The van der Waals surface area contributed by atoms with Gasteiger partial charge in [0.05, 0.1) is 0 Å². The molecule has 1 N–H and O–H groups in total. The number of benzene rings is 1. The van der Waals surface area contributed by atoms with E-state index in [0.29, 0.717) is 5.56 Å². The lowest BCUT2D eigenvalue weighted by Crippen LogP contribution is -2.01. The van der Waals surface area contributed by atoms with Gasteiger partial charge >= 0.3 is 6.18 Å². The first-order chi connectivity index (χ1) is 7.04. The van der Waals surface area contributed by atoms with Crippen molar-refractivity contribution >= 4 is 10.9 Å². The molecule has 0 unspecified atom stereocenters. The first-order valence-corrected chi connectivity index (χ1v) is 4.22. The van der Waals surface area contributed by atoms with Gasteiger partial charge in [-0.15, -0.1) is 0 Å². The van der Waals surface area contributed by atoms with Crippen molar-refractivity contribution in [3.8, 4) is 11.8 Å². The van der Waals surface area contributed by atoms with Gasteiger partial charge < -0.3 is 4.98 Å². The number of rotatable bonds is 0. The predicted octanol–water partition coefficient (Wildman–Crippen LogP) is 3.08. The van der Waals surface area contributed by atoms with E-state index >= 15 is 0 Å². The third-order valence-electron chi connectivity index (χ3n) is 1.90. The molecule has 0 atom stereocenters. The van der Waals surface area contributed by atoms with E-state index in [1.54, 1.807) is 30.5 Å². The van der Waals surface area contributed by atoms with Gasteiger partial charge in [-0.25, -0.2) is 0 Å². The highest BCUT2D eigenvalue weighted by Gasteiger charge is 2.22. The van der Waals surface area contributed by atoms with E-state index in [0.717, 1.165) is 10.9 Å². The molecule has 1 nitrogen and oxygen atoms in total. The summed E-state index contributed by atoms with van der Waals surface area (Å²) in [7, 11) is 0. The fourth-order valence-corrected chi connectivity index (χ4v) is 1.27. The number of H-pyrrole nitrogens is 1. The van der Waals surface area contributed by atoms with Crippen molar-refractivity contribution in [2.45, 2.75) is 6.18 Å². The highest BCUT2D eigenvalue weighted by molar-refractivity contribution is 5.80. The number of alkyl halides is 3. The van der Waals surface area contributed by atoms with Crippen LogP contribution in [-0.2, 0) is 0 Å². The molecule has 1 aromatic carbocycles. The summed E-state index contributed by atoms with van der Waals surface area (Å²) in [6.07, 6.45) is -2.71. The molecule has 1 aromatic heterocycles. The quantitative estimate of drug-likeness (QED) is 0.642. The summed E-state index contributed by atoms with van der Waals surface area (Å²) in [4.78, 5) is 2.95. The van der Waals surface area contributed by atoms with Crippen molar-refractivity contribution < 1.29 is 13.2 Å². The average Bonchev–Trinajstić information content (AvgIpc) is 2.60. The Hall–Kier alpha value is -1.89. The van der Waals surface area contributed by atoms with E-state index in [4.69, 9.17) is 0 Å². The maximum Gasteiger partial charge on any atom is 0.458 e. The second-order valence-electron chi connectivity index (χ2n) is 3.03. The van der Waals surface area contributed by atoms with Gasteiger partial charge in [0.2, 0.25) is 0 Å². The van der Waals surface area contributed by atoms with Crippen molar-refractivity contribution in [1.29, 1.82) is 0 Å². The normalized spacial score (nSPS) is 11.1. The molecular formula is C11H6F3N. The van der Waals surface area contributed by atoms with Crippen LogP contribution in [0.1, 0.15) is 5.56 Å². The van der Waals surface area contributed by atoms with Crippen molar-refractivity contribution in [3.63, 3.8) is 0 Å². The van der Waals surface area contributed by atoms with Crippen LogP contribution in [0, 0.1) is 11.8 Å². The fourth-order valence-electron chi connectivity index (χ4n) is 1.27. The maximum absolute atomic E-state index is 11.8. The van der Waals surface area contributed by atoms with Gasteiger partial charge in [0, 0.05) is 28.6 Å². The molecule has 76 valence electrons. The zero-order valence-electron chi connectivity index (χ0n) is 7.52. The molecule has 2 aromatic rings. The van der Waals surface area contributed by atoms with Gasteiger partial charge in [0.1, 0.15) is 0 Å². The standard InChI is InChI=1S/C11H6F3N/c12-11(13,14)5-3-8-1-2-10-9(7-8)4-6-15-10/h1-2,4,6-7,15H. The predicted molar refractivity (Wildman–Crippen MR) is 51.2 cm³/mol. The second kappa shape index (κ2) is 3.35. The largest absolute Gasteiger partial charge is 0.458 e. The molecule has 0 aliphatic heterocycles. The van der Waals surface area contributed by atoms with Crippen LogP contribution < -0.4 is 0 Å². The highest BCUT2D eigenvalue weighted by Crippen LogP contribution is 2.15. The van der Waals surface area contributed by atoms with E-state index in [-0.39, 0.29) is 0 Å². The lowest BCUT2D eigenvalue weighted by molar-refractivity contribution is -0.0696. The molecule has 0 aliphatic rings. The van der Waals surface area contributed by atoms with Crippen molar-refractivity contribution in [1.82, 2.24) is 4.98 Å². The van der Waals surface area contributed by atoms with E-state index in [1.165, 1.54) is 5.92 Å². The molecule has 1 heterocycles. The zero-order valence-corrected chi connectivity index (χ0v) is 7.52. The molecule has 4 heteroatoms. The number of nitrogens with one attached hydrogen (secondary N) is 1. The molecule has 0 saturated heterocycles. The van der Waals surface area contributed by atoms with Crippen LogP contribution in [0.25, 0.3) is 10.9 Å². The first-order valence-electron chi connectivity index (χ1n) is 4.22. The number of aromatic amines is 1. The van der Waals surface area contributed by atoms with Crippen LogP contribution in [-0.4, -0.2) is 11.2 Å². The summed E-state index contributed by atoms with van der Waals surface area (Å²) in [5.74, 6) is 3.31. The van der Waals surface area contributed by atoms with Crippen LogP contribution >= 0.6 is 0 Å². The first kappa shape index (κ1) is 9.66. The second-order valence-corrected chi connectivity index (χ2v) is 3.03. The monoisotopic (exact) mass is 209 g/mol. The van der Waals surface area contributed by atoms with Crippen molar-refractivity contribution in [2.75, 3.05) is 0 Å². The third-order valence-corrected chi connectivity index (χ3v) is 1.90. The Bertz CT molecular complexity index is 540. The van der Waals surface area contributed by atoms with Gasteiger partial charge in [-0.2, -0.15) is 13.2 Å². The summed E-state index contributed by atoms with van der Waals surface area (Å²) < 4.78 is 35.4. The molecule has 0 spiro atoms. The van der Waals surface area contributed by atoms with E-state index in [9.17, 15) is 13.2 Å². The number of hydrogen-bond acceptors (Lipinski definition) is 0. The average molecular weight is 209 g/mol. The summed E-state index contributed by atoms with van der Waals surface area (Å²) in [6, 6.07) is 6.66. The smallest absolute Gasteiger partial charge is 0.361 e. The zero-order chi connectivity index (χ0) is 10.9. The Morgan fingerprint density at radius 3 is 2.67 bits per heavy atom. The van der Waals surface area contributed by atoms with Gasteiger partial charge in [-0.05, 0) is 24.3 Å². The van der Waals surface area contributed by atoms with Crippen molar-refractivity contribution in [2.24, 2.45) is 0 Å². The minimum Gasteiger partial charge on any atom is -0.361 e. The molecule has 0 fully saturated rings. The molecule has 0 radical (unpaired) electrons. The molecule has 0 aliphatic carbocycles. The van der Waals surface area contributed by atoms with Gasteiger partial charge in [-0.1, -0.05) is 5.92 Å². The molecule has 0 bridgehead atoms. The Kier molecular flexibility index (Phi) is 2.16. The van der Waals surface area contributed by atoms with Crippen LogP contribution in [0.2, 0.25) is 0 Å². The Morgan fingerprint density at radius 2 is 1.93 bits per heavy atom. The minimum atomic E-state index is -4.44. The van der Waals surface area contributed by atoms with Crippen LogP contribution in [0.4, 0.5) is 13.2 Å². The summed E-state index contributed by atoms with van der Waals surface area (Å²) >= 11 is 0. The Morgan fingerprint density at radius 1 is 1.13 bits per heavy atom. The van der Waals surface area contributed by atoms with Crippen LogP contribution in [0.5, 0.6) is 0 Å². The highest BCUT2D eigenvalue weighted by atomic mass is 19.4. The number of hydrogen-bond donors (Lipinski definition) is 1. The maximum atomic E-state index is 11.8. The molecule has 15 heavy (non-hydrogen) atoms. The van der Waals surface area contributed by atoms with E-state index in [2.05, 4.69) is 10.9 Å². The molecule has 0 amide bonds. The van der Waals surface area contributed by atoms with Crippen LogP contribution in [0.3, 0.4) is 0 Å². The topological polar surface area (TPSA) is 15.8 Å². The number of aromatic nitrogens is 1.